The van der Waals surface area contributed by atoms with Crippen LogP contribution in [0.3, 0.4) is 0 Å². The second-order valence-electron chi connectivity index (χ2n) is 7.86. The summed E-state index contributed by atoms with van der Waals surface area (Å²) in [6.07, 6.45) is 2.19. The molecule has 1 N–H and O–H groups in total. The quantitative estimate of drug-likeness (QED) is 0.822. The summed E-state index contributed by atoms with van der Waals surface area (Å²) >= 11 is 0. The van der Waals surface area contributed by atoms with Gasteiger partial charge in [0.1, 0.15) is 0 Å². The van der Waals surface area contributed by atoms with Gasteiger partial charge in [-0.2, -0.15) is 0 Å². The summed E-state index contributed by atoms with van der Waals surface area (Å²) in [5.74, 6) is 0.118. The zero-order valence-electron chi connectivity index (χ0n) is 16.5. The number of ether oxygens (including phenoxy) is 1. The van der Waals surface area contributed by atoms with E-state index in [0.29, 0.717) is 6.54 Å². The van der Waals surface area contributed by atoms with Crippen LogP contribution in [0.15, 0.2) is 24.3 Å². The van der Waals surface area contributed by atoms with E-state index in [0.717, 1.165) is 50.6 Å². The third kappa shape index (κ3) is 4.17. The Labute approximate surface area is 157 Å². The first kappa shape index (κ1) is 19.1. The molecule has 1 saturated heterocycles. The van der Waals surface area contributed by atoms with E-state index in [1.807, 2.05) is 4.90 Å². The SMILES string of the molecule is CC1=CC(C)(C)N(C(=O)CNCCN2CCOCC2)c2cc(C)ccc21. The van der Waals surface area contributed by atoms with E-state index >= 15 is 0 Å². The first-order valence-corrected chi connectivity index (χ1v) is 9.53. The van der Waals surface area contributed by atoms with Crippen molar-refractivity contribution in [2.24, 2.45) is 0 Å². The molecule has 3 rings (SSSR count). The predicted molar refractivity (Wildman–Crippen MR) is 107 cm³/mol. The molecule has 0 radical (unpaired) electrons. The average Bonchev–Trinajstić information content (AvgIpc) is 2.58. The van der Waals surface area contributed by atoms with Crippen molar-refractivity contribution in [1.82, 2.24) is 10.2 Å². The summed E-state index contributed by atoms with van der Waals surface area (Å²) in [5, 5.41) is 3.33. The third-order valence-corrected chi connectivity index (χ3v) is 5.20. The Morgan fingerprint density at radius 3 is 2.69 bits per heavy atom. The molecule has 1 aromatic carbocycles. The van der Waals surface area contributed by atoms with E-state index < -0.39 is 0 Å². The Kier molecular flexibility index (Phi) is 5.80. The van der Waals surface area contributed by atoms with E-state index in [1.165, 1.54) is 11.1 Å². The number of hydrogen-bond donors (Lipinski definition) is 1. The number of hydrogen-bond acceptors (Lipinski definition) is 4. The first-order chi connectivity index (χ1) is 12.4. The number of amides is 1. The zero-order chi connectivity index (χ0) is 18.7. The van der Waals surface area contributed by atoms with E-state index in [2.05, 4.69) is 62.2 Å². The van der Waals surface area contributed by atoms with Gasteiger partial charge in [0.2, 0.25) is 5.91 Å². The molecule has 142 valence electrons. The Hall–Kier alpha value is -1.69. The molecule has 5 heteroatoms. The highest BCUT2D eigenvalue weighted by molar-refractivity contribution is 6.01. The highest BCUT2D eigenvalue weighted by Crippen LogP contribution is 2.39. The van der Waals surface area contributed by atoms with Crippen LogP contribution in [0.4, 0.5) is 5.69 Å². The molecule has 0 aromatic heterocycles. The van der Waals surface area contributed by atoms with Gasteiger partial charge in [-0.05, 0) is 44.9 Å². The highest BCUT2D eigenvalue weighted by atomic mass is 16.5. The molecule has 1 fully saturated rings. The van der Waals surface area contributed by atoms with Crippen LogP contribution in [-0.2, 0) is 9.53 Å². The largest absolute Gasteiger partial charge is 0.379 e. The maximum Gasteiger partial charge on any atom is 0.241 e. The lowest BCUT2D eigenvalue weighted by Gasteiger charge is -2.42. The fourth-order valence-corrected chi connectivity index (χ4v) is 3.93. The van der Waals surface area contributed by atoms with Gasteiger partial charge in [0, 0.05) is 31.7 Å². The van der Waals surface area contributed by atoms with Crippen molar-refractivity contribution < 1.29 is 9.53 Å². The van der Waals surface area contributed by atoms with Crippen molar-refractivity contribution in [2.45, 2.75) is 33.2 Å². The molecule has 1 aromatic rings. The maximum absolute atomic E-state index is 13.0. The van der Waals surface area contributed by atoms with Crippen LogP contribution in [0.25, 0.3) is 5.57 Å². The molecule has 2 aliphatic rings. The molecule has 0 bridgehead atoms. The topological polar surface area (TPSA) is 44.8 Å². The Bertz CT molecular complexity index is 690. The zero-order valence-corrected chi connectivity index (χ0v) is 16.5. The third-order valence-electron chi connectivity index (χ3n) is 5.20. The van der Waals surface area contributed by atoms with Crippen molar-refractivity contribution >= 4 is 17.2 Å². The smallest absolute Gasteiger partial charge is 0.241 e. The lowest BCUT2D eigenvalue weighted by Crippen LogP contribution is -2.52. The summed E-state index contributed by atoms with van der Waals surface area (Å²) in [4.78, 5) is 17.4. The van der Waals surface area contributed by atoms with Crippen LogP contribution in [0.2, 0.25) is 0 Å². The number of nitrogens with zero attached hydrogens (tertiary/aromatic N) is 2. The number of aryl methyl sites for hydroxylation is 1. The summed E-state index contributed by atoms with van der Waals surface area (Å²) in [6, 6.07) is 6.36. The van der Waals surface area contributed by atoms with Crippen LogP contribution in [0.5, 0.6) is 0 Å². The molecule has 2 aliphatic heterocycles. The second kappa shape index (κ2) is 7.91. The van der Waals surface area contributed by atoms with Crippen molar-refractivity contribution in [3.8, 4) is 0 Å². The van der Waals surface area contributed by atoms with Gasteiger partial charge in [-0.1, -0.05) is 18.2 Å². The average molecular weight is 357 g/mol. The number of fused-ring (bicyclic) bond motifs is 1. The van der Waals surface area contributed by atoms with Crippen molar-refractivity contribution in [2.75, 3.05) is 50.8 Å². The van der Waals surface area contributed by atoms with E-state index in [-0.39, 0.29) is 11.4 Å². The summed E-state index contributed by atoms with van der Waals surface area (Å²) in [7, 11) is 0. The lowest BCUT2D eigenvalue weighted by atomic mass is 9.88. The minimum atomic E-state index is -0.326. The van der Waals surface area contributed by atoms with Crippen molar-refractivity contribution in [3.05, 3.63) is 35.4 Å². The van der Waals surface area contributed by atoms with Crippen molar-refractivity contribution in [1.29, 1.82) is 0 Å². The molecule has 26 heavy (non-hydrogen) atoms. The number of anilines is 1. The molecular weight excluding hydrogens is 326 g/mol. The van der Waals surface area contributed by atoms with E-state index in [1.54, 1.807) is 0 Å². The molecule has 0 unspecified atom stereocenters. The van der Waals surface area contributed by atoms with Crippen LogP contribution in [0.1, 0.15) is 31.9 Å². The first-order valence-electron chi connectivity index (χ1n) is 9.53. The number of rotatable bonds is 5. The molecule has 0 saturated carbocycles. The number of benzene rings is 1. The fourth-order valence-electron chi connectivity index (χ4n) is 3.93. The van der Waals surface area contributed by atoms with Crippen LogP contribution in [-0.4, -0.2) is 62.3 Å². The molecule has 0 spiro atoms. The number of carbonyl (C=O) groups excluding carboxylic acids is 1. The monoisotopic (exact) mass is 357 g/mol. The minimum Gasteiger partial charge on any atom is -0.379 e. The second-order valence-corrected chi connectivity index (χ2v) is 7.86. The summed E-state index contributed by atoms with van der Waals surface area (Å²) in [6.45, 7) is 14.1. The van der Waals surface area contributed by atoms with Gasteiger partial charge in [-0.25, -0.2) is 0 Å². The molecule has 5 nitrogen and oxygen atoms in total. The van der Waals surface area contributed by atoms with Gasteiger partial charge in [0.15, 0.2) is 0 Å². The van der Waals surface area contributed by atoms with Crippen LogP contribution in [0, 0.1) is 6.92 Å². The molecule has 1 amide bonds. The van der Waals surface area contributed by atoms with Gasteiger partial charge in [0.25, 0.3) is 0 Å². The highest BCUT2D eigenvalue weighted by Gasteiger charge is 2.35. The molecule has 2 heterocycles. The molecule has 0 atom stereocenters. The maximum atomic E-state index is 13.0. The van der Waals surface area contributed by atoms with Gasteiger partial charge < -0.3 is 15.0 Å². The fraction of sp³-hybridized carbons (Fsp3) is 0.571. The number of carbonyl (C=O) groups is 1. The van der Waals surface area contributed by atoms with Gasteiger partial charge >= 0.3 is 0 Å². The number of morpholine rings is 1. The standard InChI is InChI=1S/C21H31N3O2/c1-16-5-6-18-17(2)14-21(3,4)24(19(18)13-16)20(25)15-22-7-8-23-9-11-26-12-10-23/h5-6,13-14,22H,7-12,15H2,1-4H3. The van der Waals surface area contributed by atoms with E-state index in [9.17, 15) is 4.79 Å². The molecule has 0 aliphatic carbocycles. The Morgan fingerprint density at radius 1 is 1.23 bits per heavy atom. The lowest BCUT2D eigenvalue weighted by molar-refractivity contribution is -0.118. The van der Waals surface area contributed by atoms with E-state index in [4.69, 9.17) is 4.74 Å². The summed E-state index contributed by atoms with van der Waals surface area (Å²) in [5.41, 5.74) is 4.25. The minimum absolute atomic E-state index is 0.118. The summed E-state index contributed by atoms with van der Waals surface area (Å²) < 4.78 is 5.37. The van der Waals surface area contributed by atoms with Crippen LogP contribution < -0.4 is 10.2 Å². The Morgan fingerprint density at radius 2 is 1.96 bits per heavy atom. The van der Waals surface area contributed by atoms with Gasteiger partial charge in [-0.15, -0.1) is 0 Å². The van der Waals surface area contributed by atoms with Gasteiger partial charge in [0.05, 0.1) is 31.0 Å². The number of allylic oxidation sites excluding steroid dienone is 1. The molecular formula is C21H31N3O2. The predicted octanol–water partition coefficient (Wildman–Crippen LogP) is 2.45. The van der Waals surface area contributed by atoms with Crippen LogP contribution >= 0.6 is 0 Å². The number of nitrogens with one attached hydrogen (secondary N) is 1. The van der Waals surface area contributed by atoms with Crippen molar-refractivity contribution in [3.63, 3.8) is 0 Å². The van der Waals surface area contributed by atoms with Gasteiger partial charge in [-0.3, -0.25) is 9.69 Å². The normalized spacial score (nSPS) is 19.8. The Balaban J connectivity index is 1.65.